The predicted molar refractivity (Wildman–Crippen MR) is 195 cm³/mol. The maximum atomic E-state index is 12.6. The number of likely N-dealkylation sites (N-methyl/N-ethyl adjacent to an activating group) is 1. The number of esters is 2. The van der Waals surface area contributed by atoms with Crippen molar-refractivity contribution in [1.29, 1.82) is 0 Å². The van der Waals surface area contributed by atoms with E-state index in [0.717, 1.165) is 32.1 Å². The molecule has 0 aromatic heterocycles. The molecule has 0 aliphatic heterocycles. The SMILES string of the molecule is CCCCCCCCCCCCCCCC(=O)OCC(COP(=O)([O-])OCC[N+](C)(C)C)OC(=O)CCCCCCCCCCCCC. The van der Waals surface area contributed by atoms with Crippen molar-refractivity contribution in [2.75, 3.05) is 47.5 Å². The van der Waals surface area contributed by atoms with E-state index in [0.29, 0.717) is 17.4 Å². The maximum Gasteiger partial charge on any atom is 0.306 e. The predicted octanol–water partition coefficient (Wildman–Crippen LogP) is 9.83. The number of carbonyl (C=O) groups is 2. The first kappa shape index (κ1) is 47.0. The monoisotopic (exact) mass is 706 g/mol. The molecule has 0 aliphatic carbocycles. The Labute approximate surface area is 295 Å². The second-order valence-electron chi connectivity index (χ2n) is 14.7. The van der Waals surface area contributed by atoms with Gasteiger partial charge in [-0.15, -0.1) is 0 Å². The van der Waals surface area contributed by atoms with E-state index >= 15 is 0 Å². The Morgan fingerprint density at radius 3 is 1.33 bits per heavy atom. The van der Waals surface area contributed by atoms with E-state index in [2.05, 4.69) is 13.8 Å². The van der Waals surface area contributed by atoms with Gasteiger partial charge < -0.3 is 27.9 Å². The van der Waals surface area contributed by atoms with E-state index in [1.807, 2.05) is 21.1 Å². The van der Waals surface area contributed by atoms with Crippen LogP contribution in [0.1, 0.15) is 181 Å². The molecule has 0 rings (SSSR count). The number of quaternary nitrogens is 1. The van der Waals surface area contributed by atoms with Crippen molar-refractivity contribution in [2.24, 2.45) is 0 Å². The molecule has 286 valence electrons. The Kier molecular flexibility index (Phi) is 31.3. The van der Waals surface area contributed by atoms with Crippen LogP contribution in [0.25, 0.3) is 0 Å². The molecule has 0 saturated heterocycles. The van der Waals surface area contributed by atoms with Crippen LogP contribution in [-0.2, 0) is 32.7 Å². The fourth-order valence-electron chi connectivity index (χ4n) is 5.48. The summed E-state index contributed by atoms with van der Waals surface area (Å²) in [6.07, 6.45) is 28.4. The van der Waals surface area contributed by atoms with Gasteiger partial charge in [-0.1, -0.05) is 155 Å². The van der Waals surface area contributed by atoms with Gasteiger partial charge in [-0.05, 0) is 12.8 Å². The number of hydrogen-bond acceptors (Lipinski definition) is 8. The number of hydrogen-bond donors (Lipinski definition) is 0. The molecule has 2 unspecified atom stereocenters. The van der Waals surface area contributed by atoms with Gasteiger partial charge in [0.1, 0.15) is 19.8 Å². The molecule has 0 N–H and O–H groups in total. The molecular formula is C38H76NO8P. The average molecular weight is 706 g/mol. The van der Waals surface area contributed by atoms with E-state index in [4.69, 9.17) is 18.5 Å². The Balaban J connectivity index is 4.39. The first-order valence-electron chi connectivity index (χ1n) is 19.7. The van der Waals surface area contributed by atoms with Gasteiger partial charge in [-0.2, -0.15) is 0 Å². The fourth-order valence-corrected chi connectivity index (χ4v) is 6.21. The highest BCUT2D eigenvalue weighted by molar-refractivity contribution is 7.45. The van der Waals surface area contributed by atoms with Gasteiger partial charge in [-0.25, -0.2) is 0 Å². The third-order valence-corrected chi connectivity index (χ3v) is 9.59. The van der Waals surface area contributed by atoms with Crippen molar-refractivity contribution in [3.05, 3.63) is 0 Å². The third-order valence-electron chi connectivity index (χ3n) is 8.63. The lowest BCUT2D eigenvalue weighted by Gasteiger charge is -2.28. The summed E-state index contributed by atoms with van der Waals surface area (Å²) < 4.78 is 33.7. The summed E-state index contributed by atoms with van der Waals surface area (Å²) in [5.41, 5.74) is 0. The summed E-state index contributed by atoms with van der Waals surface area (Å²) in [5, 5.41) is 0. The average Bonchev–Trinajstić information content (AvgIpc) is 3.02. The first-order chi connectivity index (χ1) is 23.0. The Morgan fingerprint density at radius 1 is 0.562 bits per heavy atom. The second kappa shape index (κ2) is 32.0. The summed E-state index contributed by atoms with van der Waals surface area (Å²) in [5.74, 6) is -0.826. The highest BCUT2D eigenvalue weighted by Gasteiger charge is 2.21. The second-order valence-corrected chi connectivity index (χ2v) is 16.1. The lowest BCUT2D eigenvalue weighted by atomic mass is 10.0. The molecule has 0 aliphatic rings. The molecule has 0 fully saturated rings. The molecule has 0 heterocycles. The normalized spacial score (nSPS) is 13.7. The molecular weight excluding hydrogens is 629 g/mol. The van der Waals surface area contributed by atoms with Gasteiger partial charge >= 0.3 is 11.9 Å². The number of phosphoric ester groups is 1. The van der Waals surface area contributed by atoms with Crippen LogP contribution in [0.4, 0.5) is 0 Å². The molecule has 0 bridgehead atoms. The molecule has 0 radical (unpaired) electrons. The molecule has 0 spiro atoms. The van der Waals surface area contributed by atoms with Crippen molar-refractivity contribution in [3.63, 3.8) is 0 Å². The van der Waals surface area contributed by atoms with Crippen LogP contribution in [0.2, 0.25) is 0 Å². The smallest absolute Gasteiger partial charge is 0.306 e. The molecule has 48 heavy (non-hydrogen) atoms. The van der Waals surface area contributed by atoms with Gasteiger partial charge in [-0.3, -0.25) is 14.2 Å². The molecule has 0 aromatic carbocycles. The standard InChI is InChI=1S/C38H76NO8P/c1-6-8-10-12-14-16-18-19-21-22-24-26-28-30-37(40)44-34-36(35-46-48(42,43)45-33-32-39(3,4)5)47-38(41)31-29-27-25-23-20-17-15-13-11-9-7-2/h36H,6-35H2,1-5H3. The van der Waals surface area contributed by atoms with Crippen molar-refractivity contribution in [3.8, 4) is 0 Å². The number of phosphoric acid groups is 1. The van der Waals surface area contributed by atoms with Crippen LogP contribution in [0, 0.1) is 0 Å². The summed E-state index contributed by atoms with van der Waals surface area (Å²) >= 11 is 0. The van der Waals surface area contributed by atoms with Gasteiger partial charge in [0, 0.05) is 12.8 Å². The zero-order valence-electron chi connectivity index (χ0n) is 32.0. The number of carbonyl (C=O) groups excluding carboxylic acids is 2. The van der Waals surface area contributed by atoms with E-state index in [-0.39, 0.29) is 32.0 Å². The van der Waals surface area contributed by atoms with Crippen molar-refractivity contribution in [1.82, 2.24) is 0 Å². The summed E-state index contributed by atoms with van der Waals surface area (Å²) in [6, 6.07) is 0. The van der Waals surface area contributed by atoms with Gasteiger partial charge in [0.15, 0.2) is 6.10 Å². The minimum atomic E-state index is -4.61. The van der Waals surface area contributed by atoms with Gasteiger partial charge in [0.05, 0.1) is 27.7 Å². The Morgan fingerprint density at radius 2 is 0.938 bits per heavy atom. The molecule has 0 saturated carbocycles. The van der Waals surface area contributed by atoms with Crippen molar-refractivity contribution < 1.29 is 42.1 Å². The summed E-state index contributed by atoms with van der Waals surface area (Å²) in [7, 11) is 1.18. The van der Waals surface area contributed by atoms with Crippen LogP contribution in [0.15, 0.2) is 0 Å². The number of rotatable bonds is 36. The molecule has 0 amide bonds. The van der Waals surface area contributed by atoms with Crippen LogP contribution in [-0.4, -0.2) is 70.0 Å². The summed E-state index contributed by atoms with van der Waals surface area (Å²) in [4.78, 5) is 37.3. The number of ether oxygens (including phenoxy) is 2. The zero-order chi connectivity index (χ0) is 35.8. The van der Waals surface area contributed by atoms with Gasteiger partial charge in [0.2, 0.25) is 0 Å². The highest BCUT2D eigenvalue weighted by atomic mass is 31.2. The van der Waals surface area contributed by atoms with Crippen LogP contribution in [0.5, 0.6) is 0 Å². The quantitative estimate of drug-likeness (QED) is 0.0274. The third kappa shape index (κ3) is 34.9. The number of unbranched alkanes of at least 4 members (excludes halogenated alkanes) is 22. The van der Waals surface area contributed by atoms with Crippen LogP contribution >= 0.6 is 7.82 Å². The number of nitrogens with zero attached hydrogens (tertiary/aromatic N) is 1. The van der Waals surface area contributed by atoms with E-state index < -0.39 is 26.5 Å². The zero-order valence-corrected chi connectivity index (χ0v) is 32.8. The van der Waals surface area contributed by atoms with E-state index in [1.54, 1.807) is 0 Å². The van der Waals surface area contributed by atoms with Crippen molar-refractivity contribution >= 4 is 19.8 Å². The molecule has 0 aromatic rings. The van der Waals surface area contributed by atoms with Crippen LogP contribution < -0.4 is 4.89 Å². The Hall–Kier alpha value is -0.990. The Bertz CT molecular complexity index is 804. The molecule has 2 atom stereocenters. The summed E-state index contributed by atoms with van der Waals surface area (Å²) in [6.45, 7) is 4.22. The molecule has 10 heteroatoms. The first-order valence-corrected chi connectivity index (χ1v) is 21.2. The highest BCUT2D eigenvalue weighted by Crippen LogP contribution is 2.38. The van der Waals surface area contributed by atoms with Crippen LogP contribution in [0.3, 0.4) is 0 Å². The van der Waals surface area contributed by atoms with Crippen molar-refractivity contribution in [2.45, 2.75) is 187 Å². The van der Waals surface area contributed by atoms with E-state index in [9.17, 15) is 19.0 Å². The topological polar surface area (TPSA) is 111 Å². The fraction of sp³-hybridized carbons (Fsp3) is 0.947. The van der Waals surface area contributed by atoms with E-state index in [1.165, 1.54) is 116 Å². The minimum Gasteiger partial charge on any atom is -0.756 e. The largest absolute Gasteiger partial charge is 0.756 e. The lowest BCUT2D eigenvalue weighted by molar-refractivity contribution is -0.870. The molecule has 9 nitrogen and oxygen atoms in total. The minimum absolute atomic E-state index is 0.0261. The van der Waals surface area contributed by atoms with Gasteiger partial charge in [0.25, 0.3) is 7.82 Å². The lowest BCUT2D eigenvalue weighted by Crippen LogP contribution is -2.37. The maximum absolute atomic E-state index is 12.6.